The topological polar surface area (TPSA) is 70.1 Å². The Labute approximate surface area is 113 Å². The fraction of sp³-hybridized carbons (Fsp3) is 0.273. The fourth-order valence-electron chi connectivity index (χ4n) is 1.63. The normalized spacial score (nSPS) is 12.6. The highest BCUT2D eigenvalue weighted by atomic mass is 35.5. The van der Waals surface area contributed by atoms with E-state index in [-0.39, 0.29) is 11.6 Å². The van der Waals surface area contributed by atoms with E-state index in [4.69, 9.17) is 22.1 Å². The first-order valence-corrected chi connectivity index (χ1v) is 6.39. The molecule has 2 aromatic heterocycles. The molecule has 1 atom stereocenters. The number of thiazole rings is 1. The number of nitrogen functional groups attached to an aromatic ring is 1. The third-order valence-corrected chi connectivity index (χ3v) is 3.58. The molecule has 0 amide bonds. The number of hydrogen-bond donors (Lipinski definition) is 1. The molecule has 0 aliphatic rings. The number of aromatic nitrogens is 2. The van der Waals surface area contributed by atoms with Crippen LogP contribution in [0.2, 0.25) is 5.02 Å². The zero-order chi connectivity index (χ0) is 13.1. The highest BCUT2D eigenvalue weighted by molar-refractivity contribution is 7.15. The molecule has 1 unspecified atom stereocenters. The first-order chi connectivity index (χ1) is 8.61. The van der Waals surface area contributed by atoms with Gasteiger partial charge in [0.25, 0.3) is 5.56 Å². The van der Waals surface area contributed by atoms with Gasteiger partial charge < -0.3 is 15.0 Å². The maximum atomic E-state index is 11.9. The van der Waals surface area contributed by atoms with E-state index >= 15 is 0 Å². The Morgan fingerprint density at radius 2 is 2.39 bits per heavy atom. The summed E-state index contributed by atoms with van der Waals surface area (Å²) < 4.78 is 6.68. The zero-order valence-corrected chi connectivity index (χ0v) is 11.2. The van der Waals surface area contributed by atoms with Crippen LogP contribution in [0.25, 0.3) is 0 Å². The van der Waals surface area contributed by atoms with Gasteiger partial charge in [-0.3, -0.25) is 4.79 Å². The van der Waals surface area contributed by atoms with Crippen molar-refractivity contribution in [1.29, 1.82) is 0 Å². The lowest BCUT2D eigenvalue weighted by Gasteiger charge is -2.17. The molecule has 0 saturated carbocycles. The van der Waals surface area contributed by atoms with Gasteiger partial charge in [0.2, 0.25) is 0 Å². The molecule has 0 aliphatic heterocycles. The monoisotopic (exact) mass is 285 g/mol. The number of hydrogen-bond acceptors (Lipinski definition) is 5. The van der Waals surface area contributed by atoms with E-state index in [2.05, 4.69) is 4.98 Å². The maximum absolute atomic E-state index is 11.9. The number of halogens is 1. The van der Waals surface area contributed by atoms with Gasteiger partial charge in [0, 0.05) is 25.6 Å². The molecule has 0 fully saturated rings. The van der Waals surface area contributed by atoms with E-state index < -0.39 is 0 Å². The lowest BCUT2D eigenvalue weighted by molar-refractivity contribution is 0.169. The summed E-state index contributed by atoms with van der Waals surface area (Å²) in [6.07, 6.45) is 3.24. The average Bonchev–Trinajstić information content (AvgIpc) is 2.76. The van der Waals surface area contributed by atoms with Gasteiger partial charge in [0.15, 0.2) is 5.13 Å². The zero-order valence-electron chi connectivity index (χ0n) is 9.67. The number of ether oxygens (including phenoxy) is 1. The molecule has 2 aromatic rings. The second-order valence-electron chi connectivity index (χ2n) is 3.66. The van der Waals surface area contributed by atoms with E-state index in [9.17, 15) is 4.79 Å². The van der Waals surface area contributed by atoms with Crippen LogP contribution >= 0.6 is 22.9 Å². The summed E-state index contributed by atoms with van der Waals surface area (Å²) in [5.74, 6) is 0. The number of nitrogens with two attached hydrogens (primary N) is 1. The molecule has 0 spiro atoms. The van der Waals surface area contributed by atoms with Crippen LogP contribution in [-0.4, -0.2) is 23.3 Å². The SMILES string of the molecule is COCC(c1cnc(N)s1)n1cc(Cl)ccc1=O. The summed E-state index contributed by atoms with van der Waals surface area (Å²) in [5.41, 5.74) is 5.47. The molecule has 5 nitrogen and oxygen atoms in total. The third-order valence-electron chi connectivity index (χ3n) is 2.43. The Bertz CT molecular complexity index is 596. The van der Waals surface area contributed by atoms with Crippen molar-refractivity contribution < 1.29 is 4.74 Å². The molecule has 2 heterocycles. The highest BCUT2D eigenvalue weighted by Gasteiger charge is 2.17. The van der Waals surface area contributed by atoms with Crippen LogP contribution in [0, 0.1) is 0 Å². The van der Waals surface area contributed by atoms with E-state index in [0.29, 0.717) is 16.8 Å². The fourth-order valence-corrected chi connectivity index (χ4v) is 2.57. The Hall–Kier alpha value is -1.37. The van der Waals surface area contributed by atoms with Crippen molar-refractivity contribution in [1.82, 2.24) is 9.55 Å². The van der Waals surface area contributed by atoms with Crippen molar-refractivity contribution in [3.63, 3.8) is 0 Å². The minimum Gasteiger partial charge on any atom is -0.382 e. The molecule has 0 bridgehead atoms. The van der Waals surface area contributed by atoms with Gasteiger partial charge in [0.1, 0.15) is 0 Å². The largest absolute Gasteiger partial charge is 0.382 e. The summed E-state index contributed by atoms with van der Waals surface area (Å²) >= 11 is 7.25. The molecule has 18 heavy (non-hydrogen) atoms. The second kappa shape index (κ2) is 5.51. The number of anilines is 1. The summed E-state index contributed by atoms with van der Waals surface area (Å²) in [7, 11) is 1.58. The first-order valence-electron chi connectivity index (χ1n) is 5.19. The summed E-state index contributed by atoms with van der Waals surface area (Å²) in [6.45, 7) is 0.349. The molecule has 0 radical (unpaired) electrons. The van der Waals surface area contributed by atoms with Gasteiger partial charge in [-0.2, -0.15) is 0 Å². The minimum atomic E-state index is -0.268. The van der Waals surface area contributed by atoms with Gasteiger partial charge in [-0.15, -0.1) is 11.3 Å². The molecule has 2 rings (SSSR count). The van der Waals surface area contributed by atoms with Crippen LogP contribution < -0.4 is 11.3 Å². The summed E-state index contributed by atoms with van der Waals surface area (Å²) in [5, 5.41) is 0.953. The maximum Gasteiger partial charge on any atom is 0.251 e. The molecular formula is C11H12ClN3O2S. The molecule has 0 saturated heterocycles. The smallest absolute Gasteiger partial charge is 0.251 e. The Morgan fingerprint density at radius 1 is 1.61 bits per heavy atom. The van der Waals surface area contributed by atoms with Gasteiger partial charge in [-0.1, -0.05) is 11.6 Å². The Kier molecular flexibility index (Phi) is 4.00. The van der Waals surface area contributed by atoms with Crippen molar-refractivity contribution >= 4 is 28.1 Å². The van der Waals surface area contributed by atoms with E-state index in [0.717, 1.165) is 4.88 Å². The number of rotatable bonds is 4. The molecule has 96 valence electrons. The first kappa shape index (κ1) is 13.1. The van der Waals surface area contributed by atoms with Crippen LogP contribution in [0.5, 0.6) is 0 Å². The summed E-state index contributed by atoms with van der Waals surface area (Å²) in [4.78, 5) is 16.7. The molecule has 7 heteroatoms. The molecular weight excluding hydrogens is 274 g/mol. The highest BCUT2D eigenvalue weighted by Crippen LogP contribution is 2.25. The third kappa shape index (κ3) is 2.72. The predicted molar refractivity (Wildman–Crippen MR) is 72.3 cm³/mol. The standard InChI is InChI=1S/C11H12ClN3O2S/c1-17-6-8(9-4-14-11(13)18-9)15-5-7(12)2-3-10(15)16/h2-5,8H,6H2,1H3,(H2,13,14). The summed E-state index contributed by atoms with van der Waals surface area (Å²) in [6, 6.07) is 2.72. The van der Waals surface area contributed by atoms with Crippen LogP contribution in [0.15, 0.2) is 29.3 Å². The van der Waals surface area contributed by atoms with Crippen molar-refractivity contribution in [3.05, 3.63) is 44.8 Å². The van der Waals surface area contributed by atoms with Crippen molar-refractivity contribution in [3.8, 4) is 0 Å². The lowest BCUT2D eigenvalue weighted by atomic mass is 10.2. The molecule has 0 aliphatic carbocycles. The van der Waals surface area contributed by atoms with Crippen molar-refractivity contribution in [2.45, 2.75) is 6.04 Å². The average molecular weight is 286 g/mol. The van der Waals surface area contributed by atoms with Crippen LogP contribution in [0.4, 0.5) is 5.13 Å². The van der Waals surface area contributed by atoms with Gasteiger partial charge in [-0.25, -0.2) is 4.98 Å². The van der Waals surface area contributed by atoms with E-state index in [1.807, 2.05) is 0 Å². The number of pyridine rings is 1. The van der Waals surface area contributed by atoms with E-state index in [1.54, 1.807) is 25.6 Å². The number of methoxy groups -OCH3 is 1. The van der Waals surface area contributed by atoms with E-state index in [1.165, 1.54) is 22.0 Å². The van der Waals surface area contributed by atoms with Gasteiger partial charge >= 0.3 is 0 Å². The second-order valence-corrected chi connectivity index (χ2v) is 5.20. The Morgan fingerprint density at radius 3 is 3.00 bits per heavy atom. The van der Waals surface area contributed by atoms with Crippen LogP contribution in [0.3, 0.4) is 0 Å². The Balaban J connectivity index is 2.47. The number of nitrogens with zero attached hydrogens (tertiary/aromatic N) is 2. The molecule has 2 N–H and O–H groups in total. The minimum absolute atomic E-state index is 0.145. The van der Waals surface area contributed by atoms with Crippen LogP contribution in [0.1, 0.15) is 10.9 Å². The van der Waals surface area contributed by atoms with Crippen LogP contribution in [-0.2, 0) is 4.74 Å². The predicted octanol–water partition coefficient (Wildman–Crippen LogP) is 1.78. The van der Waals surface area contributed by atoms with Gasteiger partial charge in [-0.05, 0) is 6.07 Å². The quantitative estimate of drug-likeness (QED) is 0.929. The van der Waals surface area contributed by atoms with Crippen molar-refractivity contribution in [2.24, 2.45) is 0 Å². The lowest BCUT2D eigenvalue weighted by Crippen LogP contribution is -2.26. The molecule has 0 aromatic carbocycles. The van der Waals surface area contributed by atoms with Crippen molar-refractivity contribution in [2.75, 3.05) is 19.5 Å². The van der Waals surface area contributed by atoms with Gasteiger partial charge in [0.05, 0.1) is 22.5 Å².